The van der Waals surface area contributed by atoms with Gasteiger partial charge in [0.05, 0.1) is 29.9 Å². The number of benzene rings is 2. The molecule has 0 aliphatic heterocycles. The second-order valence-corrected chi connectivity index (χ2v) is 12.6. The molecule has 0 radical (unpaired) electrons. The Morgan fingerprint density at radius 1 is 1.09 bits per heavy atom. The van der Waals surface area contributed by atoms with E-state index in [9.17, 15) is 23.1 Å². The molecule has 0 unspecified atom stereocenters. The molecular formula is C33H33F3N2O6. The molecule has 4 aliphatic rings. The molecule has 8 nitrogen and oxygen atoms in total. The third-order valence-corrected chi connectivity index (χ3v) is 9.73. The van der Waals surface area contributed by atoms with Crippen LogP contribution in [0.2, 0.25) is 0 Å². The molecule has 2 bridgehead atoms. The fourth-order valence-electron chi connectivity index (χ4n) is 6.96. The summed E-state index contributed by atoms with van der Waals surface area (Å²) in [6, 6.07) is 11.5. The molecule has 11 heteroatoms. The predicted octanol–water partition coefficient (Wildman–Crippen LogP) is 8.00. The summed E-state index contributed by atoms with van der Waals surface area (Å²) in [5.41, 5.74) is 2.07. The van der Waals surface area contributed by atoms with Crippen LogP contribution in [0.25, 0.3) is 22.2 Å². The molecule has 232 valence electrons. The molecule has 4 aromatic rings. The monoisotopic (exact) mass is 610 g/mol. The van der Waals surface area contributed by atoms with Crippen LogP contribution in [-0.2, 0) is 18.4 Å². The van der Waals surface area contributed by atoms with Crippen LogP contribution in [0.5, 0.6) is 11.5 Å². The van der Waals surface area contributed by atoms with Crippen molar-refractivity contribution in [3.8, 4) is 22.8 Å². The van der Waals surface area contributed by atoms with Gasteiger partial charge in [0.25, 0.3) is 0 Å². The molecule has 44 heavy (non-hydrogen) atoms. The van der Waals surface area contributed by atoms with Gasteiger partial charge < -0.3 is 28.4 Å². The maximum Gasteiger partial charge on any atom is 0.573 e. The van der Waals surface area contributed by atoms with Crippen LogP contribution >= 0.6 is 0 Å². The molecular weight excluding hydrogens is 577 g/mol. The number of hydrogen-bond acceptors (Lipinski definition) is 6. The van der Waals surface area contributed by atoms with Gasteiger partial charge in [0.1, 0.15) is 23.0 Å². The average molecular weight is 611 g/mol. The first-order chi connectivity index (χ1) is 21.0. The first-order valence-electron chi connectivity index (χ1n) is 15.0. The Labute approximate surface area is 251 Å². The normalized spacial score (nSPS) is 23.3. The first kappa shape index (κ1) is 28.8. The summed E-state index contributed by atoms with van der Waals surface area (Å²) in [6.45, 7) is 0.784. The minimum Gasteiger partial charge on any atom is -0.493 e. The highest BCUT2D eigenvalue weighted by atomic mass is 19.4. The topological polar surface area (TPSA) is 96.0 Å². The van der Waals surface area contributed by atoms with Crippen molar-refractivity contribution in [3.05, 3.63) is 65.5 Å². The number of hydrogen-bond donors (Lipinski definition) is 1. The lowest BCUT2D eigenvalue weighted by Gasteiger charge is -2.52. The Bertz CT molecular complexity index is 1700. The van der Waals surface area contributed by atoms with Gasteiger partial charge in [0.2, 0.25) is 0 Å². The molecule has 2 heterocycles. The average Bonchev–Trinajstić information content (AvgIpc) is 3.68. The highest BCUT2D eigenvalue weighted by Crippen LogP contribution is 2.55. The number of carbonyl (C=O) groups is 1. The molecule has 1 N–H and O–H groups in total. The predicted molar refractivity (Wildman–Crippen MR) is 154 cm³/mol. The van der Waals surface area contributed by atoms with Crippen LogP contribution in [0.1, 0.15) is 79.0 Å². The summed E-state index contributed by atoms with van der Waals surface area (Å²) in [5, 5.41) is 14.4. The van der Waals surface area contributed by atoms with E-state index in [2.05, 4.69) is 9.89 Å². The van der Waals surface area contributed by atoms with Gasteiger partial charge in [-0.2, -0.15) is 0 Å². The Hall–Kier alpha value is -3.99. The van der Waals surface area contributed by atoms with Crippen molar-refractivity contribution in [2.24, 2.45) is 12.5 Å². The quantitative estimate of drug-likeness (QED) is 0.194. The van der Waals surface area contributed by atoms with Crippen LogP contribution in [0.15, 0.2) is 53.2 Å². The second kappa shape index (κ2) is 10.6. The fraction of sp³-hybridized carbons (Fsp3) is 0.455. The molecule has 4 aliphatic carbocycles. The summed E-state index contributed by atoms with van der Waals surface area (Å²) in [4.78, 5) is 11.6. The highest BCUT2D eigenvalue weighted by Gasteiger charge is 2.50. The largest absolute Gasteiger partial charge is 0.573 e. The molecule has 4 saturated carbocycles. The lowest BCUT2D eigenvalue weighted by atomic mass is 9.59. The number of nitrogens with zero attached hydrogens (tertiary/aromatic N) is 2. The molecule has 8 rings (SSSR count). The van der Waals surface area contributed by atoms with Gasteiger partial charge in [-0.15, -0.1) is 13.2 Å². The van der Waals surface area contributed by atoms with E-state index < -0.39 is 12.3 Å². The third kappa shape index (κ3) is 5.42. The van der Waals surface area contributed by atoms with E-state index in [0.717, 1.165) is 56.9 Å². The highest BCUT2D eigenvalue weighted by molar-refractivity contribution is 6.03. The number of fused-ring (bicyclic) bond motifs is 4. The molecule has 2 aromatic carbocycles. The number of alkyl halides is 3. The third-order valence-electron chi connectivity index (χ3n) is 9.73. The Morgan fingerprint density at radius 3 is 2.50 bits per heavy atom. The maximum absolute atomic E-state index is 13.1. The number of aromatic nitrogens is 2. The van der Waals surface area contributed by atoms with Gasteiger partial charge in [-0.25, -0.2) is 4.79 Å². The van der Waals surface area contributed by atoms with E-state index in [1.54, 1.807) is 29.0 Å². The number of carboxylic acid groups (broad SMARTS) is 1. The SMILES string of the molecule is Cn1cc(C(=O)O)c2ccc(OCC34CCC(OCc5c(-c6ccccc6OC(F)(F)F)noc5C5CC5)(CC3)CC4)cc21. The van der Waals surface area contributed by atoms with Crippen molar-refractivity contribution >= 4 is 16.9 Å². The van der Waals surface area contributed by atoms with Crippen molar-refractivity contribution in [1.82, 2.24) is 9.72 Å². The Kier molecular flexibility index (Phi) is 6.91. The summed E-state index contributed by atoms with van der Waals surface area (Å²) in [7, 11) is 1.82. The standard InChI is InChI=1S/C33H33F3N2O6/c1-38-17-24(30(39)40)22-9-8-21(16-26(22)38)41-19-31-10-13-32(14-11-31,15-12-31)42-18-25-28(37-44-29(25)20-6-7-20)23-4-2-3-5-27(23)43-33(34,35)36/h2-5,8-9,16-17,20H,6-7,10-15,18-19H2,1H3,(H,39,40). The van der Waals surface area contributed by atoms with Crippen LogP contribution in [0, 0.1) is 5.41 Å². The van der Waals surface area contributed by atoms with E-state index in [-0.39, 0.29) is 40.4 Å². The Balaban J connectivity index is 1.03. The minimum atomic E-state index is -4.83. The van der Waals surface area contributed by atoms with E-state index in [4.69, 9.17) is 14.0 Å². The second-order valence-electron chi connectivity index (χ2n) is 12.6. The molecule has 0 spiro atoms. The summed E-state index contributed by atoms with van der Waals surface area (Å²) >= 11 is 0. The molecule has 0 amide bonds. The molecule has 0 atom stereocenters. The Morgan fingerprint density at radius 2 is 1.82 bits per heavy atom. The van der Waals surface area contributed by atoms with Crippen molar-refractivity contribution in [3.63, 3.8) is 0 Å². The van der Waals surface area contributed by atoms with E-state index >= 15 is 0 Å². The van der Waals surface area contributed by atoms with Gasteiger partial charge in [-0.1, -0.05) is 17.3 Å². The number of carboxylic acids is 1. The summed E-state index contributed by atoms with van der Waals surface area (Å²) in [5.74, 6) is 0.340. The van der Waals surface area contributed by atoms with Crippen molar-refractivity contribution in [2.45, 2.75) is 75.9 Å². The first-order valence-corrected chi connectivity index (χ1v) is 15.0. The van der Waals surface area contributed by atoms with Crippen molar-refractivity contribution in [2.75, 3.05) is 6.61 Å². The number of ether oxygens (including phenoxy) is 3. The number of halogens is 3. The van der Waals surface area contributed by atoms with Crippen LogP contribution in [-0.4, -0.2) is 39.4 Å². The van der Waals surface area contributed by atoms with Gasteiger partial charge in [-0.05, 0) is 75.6 Å². The van der Waals surface area contributed by atoms with Gasteiger partial charge >= 0.3 is 12.3 Å². The minimum absolute atomic E-state index is 0.0376. The smallest absolute Gasteiger partial charge is 0.493 e. The number of aryl methyl sites for hydroxylation is 1. The zero-order chi connectivity index (χ0) is 30.7. The lowest BCUT2D eigenvalue weighted by Crippen LogP contribution is -2.49. The zero-order valence-electron chi connectivity index (χ0n) is 24.3. The molecule has 2 aromatic heterocycles. The van der Waals surface area contributed by atoms with Crippen LogP contribution in [0.4, 0.5) is 13.2 Å². The fourth-order valence-corrected chi connectivity index (χ4v) is 6.96. The van der Waals surface area contributed by atoms with Gasteiger partial charge in [0.15, 0.2) is 0 Å². The number of para-hydroxylation sites is 1. The summed E-state index contributed by atoms with van der Waals surface area (Å²) < 4.78 is 64.2. The molecule has 0 saturated heterocycles. The van der Waals surface area contributed by atoms with Gasteiger partial charge in [0, 0.05) is 47.2 Å². The zero-order valence-corrected chi connectivity index (χ0v) is 24.3. The van der Waals surface area contributed by atoms with E-state index in [1.807, 2.05) is 19.2 Å². The van der Waals surface area contributed by atoms with E-state index in [0.29, 0.717) is 34.8 Å². The van der Waals surface area contributed by atoms with Crippen LogP contribution in [0.3, 0.4) is 0 Å². The van der Waals surface area contributed by atoms with Gasteiger partial charge in [-0.3, -0.25) is 0 Å². The van der Waals surface area contributed by atoms with Crippen molar-refractivity contribution in [1.29, 1.82) is 0 Å². The lowest BCUT2D eigenvalue weighted by molar-refractivity contribution is -0.274. The van der Waals surface area contributed by atoms with Crippen molar-refractivity contribution < 1.29 is 41.8 Å². The number of aromatic carboxylic acids is 1. The maximum atomic E-state index is 13.1. The number of rotatable bonds is 10. The summed E-state index contributed by atoms with van der Waals surface area (Å²) in [6.07, 6.45) is 4.11. The van der Waals surface area contributed by atoms with Crippen LogP contribution < -0.4 is 9.47 Å². The van der Waals surface area contributed by atoms with E-state index in [1.165, 1.54) is 12.1 Å². The molecule has 4 fully saturated rings.